The van der Waals surface area contributed by atoms with E-state index in [0.717, 1.165) is 25.3 Å². The van der Waals surface area contributed by atoms with Gasteiger partial charge in [0.2, 0.25) is 5.91 Å². The Labute approximate surface area is 135 Å². The molecule has 3 rings (SSSR count). The first-order valence-corrected chi connectivity index (χ1v) is 8.80. The van der Waals surface area contributed by atoms with Crippen LogP contribution in [0.5, 0.6) is 0 Å². The van der Waals surface area contributed by atoms with E-state index in [1.807, 2.05) is 0 Å². The van der Waals surface area contributed by atoms with Gasteiger partial charge in [-0.15, -0.1) is 12.4 Å². The molecule has 3 nitrogen and oxygen atoms in total. The van der Waals surface area contributed by atoms with Crippen LogP contribution >= 0.6 is 12.4 Å². The summed E-state index contributed by atoms with van der Waals surface area (Å²) in [5, 5.41) is 0. The van der Waals surface area contributed by atoms with Crippen molar-refractivity contribution in [1.82, 2.24) is 4.90 Å². The fourth-order valence-electron chi connectivity index (χ4n) is 4.25. The average Bonchev–Trinajstić information content (AvgIpc) is 3.19. The molecule has 3 saturated carbocycles. The van der Waals surface area contributed by atoms with E-state index in [1.165, 1.54) is 51.4 Å². The fourth-order valence-corrected chi connectivity index (χ4v) is 4.25. The van der Waals surface area contributed by atoms with Gasteiger partial charge in [0.25, 0.3) is 0 Å². The number of hydrogen-bond acceptors (Lipinski definition) is 2. The third-order valence-electron chi connectivity index (χ3n) is 5.73. The van der Waals surface area contributed by atoms with Crippen molar-refractivity contribution >= 4 is 18.3 Å². The lowest BCUT2D eigenvalue weighted by atomic mass is 9.90. The highest BCUT2D eigenvalue weighted by molar-refractivity contribution is 5.85. The Morgan fingerprint density at radius 2 is 1.67 bits per heavy atom. The second kappa shape index (κ2) is 7.82. The lowest BCUT2D eigenvalue weighted by Crippen LogP contribution is -2.47. The molecule has 0 aromatic carbocycles. The number of rotatable bonds is 5. The first-order chi connectivity index (χ1) is 9.79. The van der Waals surface area contributed by atoms with E-state index in [4.69, 9.17) is 5.73 Å². The van der Waals surface area contributed by atoms with Crippen molar-refractivity contribution in [2.45, 2.75) is 70.3 Å². The first kappa shape index (κ1) is 17.1. The minimum absolute atomic E-state index is 0. The minimum atomic E-state index is 0. The Morgan fingerprint density at radius 3 is 2.29 bits per heavy atom. The zero-order chi connectivity index (χ0) is 13.9. The van der Waals surface area contributed by atoms with Crippen molar-refractivity contribution in [3.63, 3.8) is 0 Å². The Bertz CT molecular complexity index is 340. The van der Waals surface area contributed by atoms with Crippen LogP contribution in [-0.2, 0) is 4.79 Å². The summed E-state index contributed by atoms with van der Waals surface area (Å²) in [6, 6.07) is 0.538. The summed E-state index contributed by atoms with van der Waals surface area (Å²) in [5.41, 5.74) is 5.88. The molecule has 0 spiro atoms. The van der Waals surface area contributed by atoms with Crippen LogP contribution in [0.15, 0.2) is 0 Å². The van der Waals surface area contributed by atoms with E-state index in [-0.39, 0.29) is 18.3 Å². The van der Waals surface area contributed by atoms with Crippen molar-refractivity contribution in [3.05, 3.63) is 0 Å². The molecule has 3 fully saturated rings. The summed E-state index contributed by atoms with van der Waals surface area (Å²) in [7, 11) is 0. The van der Waals surface area contributed by atoms with E-state index >= 15 is 0 Å². The van der Waals surface area contributed by atoms with Crippen molar-refractivity contribution in [2.24, 2.45) is 23.5 Å². The number of carbonyl (C=O) groups is 1. The van der Waals surface area contributed by atoms with Gasteiger partial charge in [-0.05, 0) is 56.9 Å². The van der Waals surface area contributed by atoms with Crippen molar-refractivity contribution in [2.75, 3.05) is 13.1 Å². The van der Waals surface area contributed by atoms with Gasteiger partial charge in [-0.1, -0.05) is 25.7 Å². The highest BCUT2D eigenvalue weighted by atomic mass is 35.5. The predicted molar refractivity (Wildman–Crippen MR) is 88.4 cm³/mol. The zero-order valence-electron chi connectivity index (χ0n) is 13.1. The standard InChI is InChI=1S/C17H30N2O.ClH/c18-11-14-5-4-8-16(14)17(20)19(12-13-9-10-13)15-6-2-1-3-7-15;/h13-16H,1-12,18H2;1H/t14-,16-;/m1./s1. The molecule has 2 N–H and O–H groups in total. The Kier molecular flexibility index (Phi) is 6.36. The zero-order valence-corrected chi connectivity index (χ0v) is 14.0. The van der Waals surface area contributed by atoms with Gasteiger partial charge < -0.3 is 10.6 Å². The molecular weight excluding hydrogens is 284 g/mol. The molecule has 3 aliphatic carbocycles. The number of nitrogens with zero attached hydrogens (tertiary/aromatic N) is 1. The first-order valence-electron chi connectivity index (χ1n) is 8.80. The number of halogens is 1. The molecule has 0 aromatic rings. The smallest absolute Gasteiger partial charge is 0.226 e. The van der Waals surface area contributed by atoms with E-state index in [1.54, 1.807) is 0 Å². The average molecular weight is 315 g/mol. The number of nitrogens with two attached hydrogens (primary N) is 1. The number of carbonyl (C=O) groups excluding carboxylic acids is 1. The normalized spacial score (nSPS) is 30.0. The summed E-state index contributed by atoms with van der Waals surface area (Å²) in [5.74, 6) is 1.95. The topological polar surface area (TPSA) is 46.3 Å². The Balaban J connectivity index is 0.00000161. The summed E-state index contributed by atoms with van der Waals surface area (Å²) in [4.78, 5) is 15.3. The Hall–Kier alpha value is -0.280. The summed E-state index contributed by atoms with van der Waals surface area (Å²) < 4.78 is 0. The molecule has 0 bridgehead atoms. The van der Waals surface area contributed by atoms with Crippen LogP contribution in [0.4, 0.5) is 0 Å². The maximum Gasteiger partial charge on any atom is 0.226 e. The monoisotopic (exact) mass is 314 g/mol. The number of amides is 1. The molecule has 21 heavy (non-hydrogen) atoms. The van der Waals surface area contributed by atoms with Crippen LogP contribution in [0.1, 0.15) is 64.2 Å². The van der Waals surface area contributed by atoms with Gasteiger partial charge in [-0.2, -0.15) is 0 Å². The minimum Gasteiger partial charge on any atom is -0.339 e. The van der Waals surface area contributed by atoms with E-state index in [0.29, 0.717) is 24.4 Å². The third-order valence-corrected chi connectivity index (χ3v) is 5.73. The van der Waals surface area contributed by atoms with E-state index in [2.05, 4.69) is 4.90 Å². The van der Waals surface area contributed by atoms with Crippen LogP contribution in [0.25, 0.3) is 0 Å². The maximum atomic E-state index is 13.0. The van der Waals surface area contributed by atoms with Gasteiger partial charge >= 0.3 is 0 Å². The van der Waals surface area contributed by atoms with Crippen molar-refractivity contribution in [1.29, 1.82) is 0 Å². The highest BCUT2D eigenvalue weighted by Crippen LogP contribution is 2.37. The maximum absolute atomic E-state index is 13.0. The van der Waals surface area contributed by atoms with Crippen LogP contribution in [0.2, 0.25) is 0 Å². The van der Waals surface area contributed by atoms with Gasteiger partial charge in [0.1, 0.15) is 0 Å². The van der Waals surface area contributed by atoms with Crippen molar-refractivity contribution < 1.29 is 4.79 Å². The van der Waals surface area contributed by atoms with Crippen LogP contribution in [0, 0.1) is 17.8 Å². The summed E-state index contributed by atoms with van der Waals surface area (Å²) >= 11 is 0. The van der Waals surface area contributed by atoms with Crippen LogP contribution < -0.4 is 5.73 Å². The van der Waals surface area contributed by atoms with Gasteiger partial charge in [-0.25, -0.2) is 0 Å². The van der Waals surface area contributed by atoms with Gasteiger partial charge in [0.15, 0.2) is 0 Å². The quantitative estimate of drug-likeness (QED) is 0.846. The largest absolute Gasteiger partial charge is 0.339 e. The lowest BCUT2D eigenvalue weighted by molar-refractivity contribution is -0.140. The molecule has 1 amide bonds. The molecule has 122 valence electrons. The van der Waals surface area contributed by atoms with Crippen molar-refractivity contribution in [3.8, 4) is 0 Å². The van der Waals surface area contributed by atoms with Gasteiger partial charge in [0, 0.05) is 18.5 Å². The molecule has 0 aromatic heterocycles. The lowest BCUT2D eigenvalue weighted by Gasteiger charge is -2.37. The second-order valence-electron chi connectivity index (χ2n) is 7.26. The third kappa shape index (κ3) is 4.13. The molecule has 2 atom stereocenters. The summed E-state index contributed by atoms with van der Waals surface area (Å²) in [6.07, 6.45) is 12.6. The van der Waals surface area contributed by atoms with Crippen LogP contribution in [0.3, 0.4) is 0 Å². The molecule has 0 radical (unpaired) electrons. The van der Waals surface area contributed by atoms with Gasteiger partial charge in [-0.3, -0.25) is 4.79 Å². The van der Waals surface area contributed by atoms with Crippen LogP contribution in [-0.4, -0.2) is 29.9 Å². The fraction of sp³-hybridized carbons (Fsp3) is 0.941. The molecule has 0 heterocycles. The molecular formula is C17H31ClN2O. The van der Waals surface area contributed by atoms with E-state index < -0.39 is 0 Å². The molecule has 0 aliphatic heterocycles. The molecule has 0 saturated heterocycles. The second-order valence-corrected chi connectivity index (χ2v) is 7.26. The molecule has 0 unspecified atom stereocenters. The van der Waals surface area contributed by atoms with E-state index in [9.17, 15) is 4.79 Å². The van der Waals surface area contributed by atoms with Gasteiger partial charge in [0.05, 0.1) is 0 Å². The predicted octanol–water partition coefficient (Wildman–Crippen LogP) is 3.35. The molecule has 4 heteroatoms. The summed E-state index contributed by atoms with van der Waals surface area (Å²) in [6.45, 7) is 1.73. The highest BCUT2D eigenvalue weighted by Gasteiger charge is 2.39. The SMILES string of the molecule is Cl.NC[C@H]1CCC[C@H]1C(=O)N(CC1CC1)C1CCCCC1. The number of hydrogen-bond donors (Lipinski definition) is 1. The molecule has 3 aliphatic rings. The Morgan fingerprint density at radius 1 is 0.952 bits per heavy atom.